The van der Waals surface area contributed by atoms with Crippen LogP contribution in [0.4, 0.5) is 13.2 Å². The van der Waals surface area contributed by atoms with Gasteiger partial charge >= 0.3 is 6.18 Å². The van der Waals surface area contributed by atoms with Crippen molar-refractivity contribution >= 4 is 11.6 Å². The van der Waals surface area contributed by atoms with E-state index in [-0.39, 0.29) is 18.5 Å². The zero-order chi connectivity index (χ0) is 22.1. The fourth-order valence-electron chi connectivity index (χ4n) is 3.91. The number of aromatic nitrogens is 2. The molecule has 0 bridgehead atoms. The van der Waals surface area contributed by atoms with Gasteiger partial charge in [-0.25, -0.2) is 4.98 Å². The fourth-order valence-corrected chi connectivity index (χ4v) is 4.03. The van der Waals surface area contributed by atoms with Crippen molar-refractivity contribution in [3.63, 3.8) is 0 Å². The van der Waals surface area contributed by atoms with E-state index >= 15 is 0 Å². The zero-order valence-electron chi connectivity index (χ0n) is 16.7. The third kappa shape index (κ3) is 4.71. The van der Waals surface area contributed by atoms with Crippen molar-refractivity contribution in [3.05, 3.63) is 83.4 Å². The molecule has 1 aliphatic rings. The lowest BCUT2D eigenvalue weighted by Crippen LogP contribution is -2.41. The minimum Gasteiger partial charge on any atom is -0.491 e. The van der Waals surface area contributed by atoms with Crippen molar-refractivity contribution in [2.45, 2.75) is 30.8 Å². The Labute approximate surface area is 182 Å². The minimum atomic E-state index is -4.42. The molecular formula is C22H21ClF3N3O2. The average Bonchev–Trinajstić information content (AvgIpc) is 3.35. The number of hydrogen-bond acceptors (Lipinski definition) is 4. The fraction of sp³-hybridized carbons (Fsp3) is 0.318. The number of nitrogens with zero attached hydrogens (tertiary/aromatic N) is 3. The summed E-state index contributed by atoms with van der Waals surface area (Å²) in [6.45, 7) is 0.691. The molecule has 4 rings (SSSR count). The van der Waals surface area contributed by atoms with Crippen molar-refractivity contribution < 1.29 is 22.7 Å². The van der Waals surface area contributed by atoms with E-state index in [0.29, 0.717) is 18.0 Å². The van der Waals surface area contributed by atoms with E-state index in [1.165, 1.54) is 12.1 Å². The molecule has 0 spiro atoms. The highest BCUT2D eigenvalue weighted by Gasteiger charge is 2.47. The first-order chi connectivity index (χ1) is 14.8. The van der Waals surface area contributed by atoms with E-state index in [2.05, 4.69) is 4.98 Å². The van der Waals surface area contributed by atoms with Crippen LogP contribution in [0, 0.1) is 0 Å². The van der Waals surface area contributed by atoms with Crippen molar-refractivity contribution in [2.75, 3.05) is 13.7 Å². The summed E-state index contributed by atoms with van der Waals surface area (Å²) in [6, 6.07) is 12.4. The Bertz CT molecular complexity index is 1010. The SMILES string of the molecule is CN1OC(COc2cccc(C(F)(F)F)c2)CC1(Cn1ccnc1)c1ccc(Cl)cc1. The van der Waals surface area contributed by atoms with Gasteiger partial charge in [0.2, 0.25) is 0 Å². The second-order valence-electron chi connectivity index (χ2n) is 7.54. The van der Waals surface area contributed by atoms with Crippen LogP contribution in [-0.2, 0) is 23.1 Å². The van der Waals surface area contributed by atoms with E-state index in [9.17, 15) is 13.2 Å². The first kappa shape index (κ1) is 21.7. The van der Waals surface area contributed by atoms with Gasteiger partial charge in [-0.05, 0) is 35.9 Å². The van der Waals surface area contributed by atoms with Crippen LogP contribution in [0.3, 0.4) is 0 Å². The van der Waals surface area contributed by atoms with Crippen molar-refractivity contribution in [2.24, 2.45) is 0 Å². The maximum Gasteiger partial charge on any atom is 0.416 e. The molecule has 0 amide bonds. The number of benzene rings is 2. The number of likely N-dealkylation sites (N-methyl/N-ethyl adjacent to an activating group) is 1. The smallest absolute Gasteiger partial charge is 0.416 e. The van der Waals surface area contributed by atoms with Gasteiger partial charge in [0.15, 0.2) is 0 Å². The van der Waals surface area contributed by atoms with Crippen LogP contribution in [0.1, 0.15) is 17.5 Å². The van der Waals surface area contributed by atoms with Gasteiger partial charge in [-0.1, -0.05) is 29.8 Å². The first-order valence-corrected chi connectivity index (χ1v) is 10.1. The molecule has 2 heterocycles. The number of imidazole rings is 1. The Balaban J connectivity index is 1.53. The zero-order valence-corrected chi connectivity index (χ0v) is 17.5. The van der Waals surface area contributed by atoms with Crippen LogP contribution < -0.4 is 4.74 Å². The van der Waals surface area contributed by atoms with E-state index in [0.717, 1.165) is 17.7 Å². The summed E-state index contributed by atoms with van der Waals surface area (Å²) in [5.74, 6) is 0.152. The second-order valence-corrected chi connectivity index (χ2v) is 7.98. The maximum atomic E-state index is 13.0. The minimum absolute atomic E-state index is 0.116. The number of hydroxylamine groups is 2. The number of ether oxygens (including phenoxy) is 1. The molecule has 0 N–H and O–H groups in total. The van der Waals surface area contributed by atoms with Gasteiger partial charge in [0.1, 0.15) is 18.5 Å². The standard InChI is InChI=1S/C22H21ClF3N3O2/c1-28-21(14-29-10-9-27-15-29,16-5-7-18(23)8-6-16)12-20(31-28)13-30-19-4-2-3-17(11-19)22(24,25)26/h2-11,15,20H,12-14H2,1H3. The number of alkyl halides is 3. The van der Waals surface area contributed by atoms with Crippen LogP contribution in [0.5, 0.6) is 5.75 Å². The molecule has 2 unspecified atom stereocenters. The van der Waals surface area contributed by atoms with E-state index in [1.54, 1.807) is 17.6 Å². The molecule has 3 aromatic rings. The molecule has 5 nitrogen and oxygen atoms in total. The summed E-state index contributed by atoms with van der Waals surface area (Å²) in [5, 5.41) is 2.42. The maximum absolute atomic E-state index is 13.0. The van der Waals surface area contributed by atoms with Crippen molar-refractivity contribution in [3.8, 4) is 5.75 Å². The predicted octanol–water partition coefficient (Wildman–Crippen LogP) is 5.17. The number of halogens is 4. The molecular weight excluding hydrogens is 431 g/mol. The van der Waals surface area contributed by atoms with Gasteiger partial charge in [-0.3, -0.25) is 4.84 Å². The lowest BCUT2D eigenvalue weighted by molar-refractivity contribution is -0.179. The highest BCUT2D eigenvalue weighted by Crippen LogP contribution is 2.41. The Hall–Kier alpha value is -2.55. The van der Waals surface area contributed by atoms with Gasteiger partial charge in [0.05, 0.1) is 17.4 Å². The van der Waals surface area contributed by atoms with E-state index in [1.807, 2.05) is 42.1 Å². The van der Waals surface area contributed by atoms with Crippen LogP contribution in [-0.4, -0.2) is 34.4 Å². The molecule has 2 atom stereocenters. The molecule has 0 radical (unpaired) electrons. The van der Waals surface area contributed by atoms with Gasteiger partial charge in [-0.2, -0.15) is 18.2 Å². The number of hydrogen-bond donors (Lipinski definition) is 0. The lowest BCUT2D eigenvalue weighted by Gasteiger charge is -2.34. The quantitative estimate of drug-likeness (QED) is 0.518. The summed E-state index contributed by atoms with van der Waals surface area (Å²) >= 11 is 6.07. The highest BCUT2D eigenvalue weighted by atomic mass is 35.5. The Morgan fingerprint density at radius 1 is 1.23 bits per heavy atom. The molecule has 1 aliphatic heterocycles. The van der Waals surface area contributed by atoms with E-state index in [4.69, 9.17) is 21.2 Å². The normalized spacial score (nSPS) is 22.0. The third-order valence-corrected chi connectivity index (χ3v) is 5.71. The largest absolute Gasteiger partial charge is 0.491 e. The molecule has 164 valence electrons. The molecule has 9 heteroatoms. The van der Waals surface area contributed by atoms with Crippen LogP contribution in [0.25, 0.3) is 0 Å². The second kappa shape index (κ2) is 8.53. The Morgan fingerprint density at radius 3 is 2.68 bits per heavy atom. The van der Waals surface area contributed by atoms with Gasteiger partial charge in [0.25, 0.3) is 0 Å². The molecule has 0 aliphatic carbocycles. The molecule has 0 saturated carbocycles. The summed E-state index contributed by atoms with van der Waals surface area (Å²) in [6.07, 6.45) is 1.12. The van der Waals surface area contributed by atoms with Gasteiger partial charge in [0, 0.05) is 37.4 Å². The van der Waals surface area contributed by atoms with Gasteiger partial charge in [-0.15, -0.1) is 0 Å². The van der Waals surface area contributed by atoms with Gasteiger partial charge < -0.3 is 9.30 Å². The predicted molar refractivity (Wildman–Crippen MR) is 110 cm³/mol. The third-order valence-electron chi connectivity index (χ3n) is 5.46. The molecule has 1 fully saturated rings. The molecule has 31 heavy (non-hydrogen) atoms. The summed E-state index contributed by atoms with van der Waals surface area (Å²) in [7, 11) is 1.84. The van der Waals surface area contributed by atoms with Crippen molar-refractivity contribution in [1.29, 1.82) is 0 Å². The molecule has 1 saturated heterocycles. The first-order valence-electron chi connectivity index (χ1n) is 9.69. The summed E-state index contributed by atoms with van der Waals surface area (Å²) < 4.78 is 46.5. The van der Waals surface area contributed by atoms with Crippen LogP contribution in [0.2, 0.25) is 5.02 Å². The summed E-state index contributed by atoms with van der Waals surface area (Å²) in [5.41, 5.74) is -0.257. The Morgan fingerprint density at radius 2 is 2.00 bits per heavy atom. The molecule has 1 aromatic heterocycles. The average molecular weight is 452 g/mol. The molecule has 2 aromatic carbocycles. The van der Waals surface area contributed by atoms with Crippen molar-refractivity contribution in [1.82, 2.24) is 14.6 Å². The van der Waals surface area contributed by atoms with E-state index < -0.39 is 17.3 Å². The Kier molecular flexibility index (Phi) is 5.96. The highest BCUT2D eigenvalue weighted by molar-refractivity contribution is 6.30. The summed E-state index contributed by atoms with van der Waals surface area (Å²) in [4.78, 5) is 10.2. The monoisotopic (exact) mass is 451 g/mol. The number of rotatable bonds is 6. The lowest BCUT2D eigenvalue weighted by atomic mass is 9.85. The topological polar surface area (TPSA) is 39.5 Å². The van der Waals surface area contributed by atoms with Crippen LogP contribution in [0.15, 0.2) is 67.3 Å². The van der Waals surface area contributed by atoms with Crippen LogP contribution >= 0.6 is 11.6 Å².